The van der Waals surface area contributed by atoms with Crippen LogP contribution in [0.5, 0.6) is 0 Å². The van der Waals surface area contributed by atoms with E-state index < -0.39 is 0 Å². The summed E-state index contributed by atoms with van der Waals surface area (Å²) >= 11 is 0. The summed E-state index contributed by atoms with van der Waals surface area (Å²) in [5.74, 6) is -0.0357. The summed E-state index contributed by atoms with van der Waals surface area (Å²) < 4.78 is 5.05. The lowest BCUT2D eigenvalue weighted by molar-refractivity contribution is -0.120. The highest BCUT2D eigenvalue weighted by atomic mass is 16.5. The van der Waals surface area contributed by atoms with Gasteiger partial charge >= 0.3 is 0 Å². The predicted molar refractivity (Wildman–Crippen MR) is 57.8 cm³/mol. The van der Waals surface area contributed by atoms with Crippen LogP contribution in [0.15, 0.2) is 12.3 Å². The maximum atomic E-state index is 11.4. The van der Waals surface area contributed by atoms with Crippen molar-refractivity contribution in [1.82, 2.24) is 15.5 Å². The molecule has 0 unspecified atom stereocenters. The highest BCUT2D eigenvalue weighted by molar-refractivity contribution is 5.77. The third-order valence-corrected chi connectivity index (χ3v) is 1.93. The predicted octanol–water partition coefficient (Wildman–Crippen LogP) is -0.533. The van der Waals surface area contributed by atoms with E-state index >= 15 is 0 Å². The monoisotopic (exact) mass is 227 g/mol. The lowest BCUT2D eigenvalue weighted by atomic mass is 10.3. The zero-order valence-electron chi connectivity index (χ0n) is 9.11. The first-order valence-electron chi connectivity index (χ1n) is 5.26. The number of aliphatic hydroxyl groups is 1. The first-order chi connectivity index (χ1) is 7.83. The Labute approximate surface area is 94.0 Å². The van der Waals surface area contributed by atoms with Crippen molar-refractivity contribution < 1.29 is 14.6 Å². The van der Waals surface area contributed by atoms with E-state index in [1.54, 1.807) is 12.3 Å². The Morgan fingerprint density at radius 1 is 1.56 bits per heavy atom. The smallest absolute Gasteiger partial charge is 0.225 e. The molecule has 0 aliphatic rings. The van der Waals surface area contributed by atoms with Gasteiger partial charge in [-0.3, -0.25) is 9.89 Å². The number of hydrogen-bond acceptors (Lipinski definition) is 4. The van der Waals surface area contributed by atoms with Gasteiger partial charge in [0.2, 0.25) is 5.91 Å². The number of amides is 1. The molecule has 16 heavy (non-hydrogen) atoms. The Kier molecular flexibility index (Phi) is 6.20. The molecule has 0 atom stereocenters. The fourth-order valence-corrected chi connectivity index (χ4v) is 1.19. The first-order valence-corrected chi connectivity index (χ1v) is 5.26. The van der Waals surface area contributed by atoms with Crippen LogP contribution in [-0.2, 0) is 16.0 Å². The van der Waals surface area contributed by atoms with E-state index in [4.69, 9.17) is 9.84 Å². The summed E-state index contributed by atoms with van der Waals surface area (Å²) in [5.41, 5.74) is 0.800. The van der Waals surface area contributed by atoms with E-state index in [1.807, 2.05) is 0 Å². The minimum atomic E-state index is -0.0357. The molecule has 0 saturated carbocycles. The maximum absolute atomic E-state index is 11.4. The van der Waals surface area contributed by atoms with E-state index in [-0.39, 0.29) is 12.5 Å². The minimum absolute atomic E-state index is 0.0339. The fourth-order valence-electron chi connectivity index (χ4n) is 1.19. The number of H-pyrrole nitrogens is 1. The molecule has 0 radical (unpaired) electrons. The molecular weight excluding hydrogens is 210 g/mol. The SMILES string of the molecule is O=C(Cc1ccn[nH]1)NCCCOCCO. The molecule has 6 heteroatoms. The number of carbonyl (C=O) groups is 1. The Bertz CT molecular complexity index is 288. The van der Waals surface area contributed by atoms with Crippen molar-refractivity contribution >= 4 is 5.91 Å². The van der Waals surface area contributed by atoms with Gasteiger partial charge in [0.05, 0.1) is 19.6 Å². The third-order valence-electron chi connectivity index (χ3n) is 1.93. The van der Waals surface area contributed by atoms with Gasteiger partial charge in [-0.15, -0.1) is 0 Å². The molecule has 0 saturated heterocycles. The van der Waals surface area contributed by atoms with E-state index in [9.17, 15) is 4.79 Å². The standard InChI is InChI=1S/C10H17N3O3/c14-5-7-16-6-1-3-11-10(15)8-9-2-4-12-13-9/h2,4,14H,1,3,5-8H2,(H,11,15)(H,12,13). The van der Waals surface area contributed by atoms with Gasteiger partial charge in [0.1, 0.15) is 0 Å². The van der Waals surface area contributed by atoms with Crippen LogP contribution in [0.2, 0.25) is 0 Å². The largest absolute Gasteiger partial charge is 0.394 e. The van der Waals surface area contributed by atoms with E-state index in [0.29, 0.717) is 26.2 Å². The van der Waals surface area contributed by atoms with E-state index in [1.165, 1.54) is 0 Å². The lowest BCUT2D eigenvalue weighted by Crippen LogP contribution is -2.27. The lowest BCUT2D eigenvalue weighted by Gasteiger charge is -2.04. The van der Waals surface area contributed by atoms with Crippen LogP contribution in [0.3, 0.4) is 0 Å². The highest BCUT2D eigenvalue weighted by Gasteiger charge is 2.02. The number of rotatable bonds is 8. The van der Waals surface area contributed by atoms with Gasteiger partial charge in [-0.05, 0) is 12.5 Å². The van der Waals surface area contributed by atoms with Crippen molar-refractivity contribution in [2.45, 2.75) is 12.8 Å². The van der Waals surface area contributed by atoms with Crippen LogP contribution in [0.1, 0.15) is 12.1 Å². The normalized spacial score (nSPS) is 10.3. The second-order valence-corrected chi connectivity index (χ2v) is 3.30. The van der Waals surface area contributed by atoms with Gasteiger partial charge in [-0.1, -0.05) is 0 Å². The number of aromatic nitrogens is 2. The second kappa shape index (κ2) is 7.84. The molecule has 1 amide bonds. The Morgan fingerprint density at radius 3 is 3.12 bits per heavy atom. The fraction of sp³-hybridized carbons (Fsp3) is 0.600. The molecule has 0 bridgehead atoms. The Morgan fingerprint density at radius 2 is 2.44 bits per heavy atom. The second-order valence-electron chi connectivity index (χ2n) is 3.30. The summed E-state index contributed by atoms with van der Waals surface area (Å²) in [6.45, 7) is 1.51. The van der Waals surface area contributed by atoms with E-state index in [0.717, 1.165) is 12.1 Å². The molecular formula is C10H17N3O3. The number of carbonyl (C=O) groups excluding carboxylic acids is 1. The van der Waals surface area contributed by atoms with Crippen LogP contribution in [0.4, 0.5) is 0 Å². The minimum Gasteiger partial charge on any atom is -0.394 e. The quantitative estimate of drug-likeness (QED) is 0.521. The Balaban J connectivity index is 1.98. The summed E-state index contributed by atoms with van der Waals surface area (Å²) in [5, 5.41) is 17.7. The van der Waals surface area contributed by atoms with Crippen LogP contribution in [0, 0.1) is 0 Å². The zero-order chi connectivity index (χ0) is 11.6. The summed E-state index contributed by atoms with van der Waals surface area (Å²) in [7, 11) is 0. The van der Waals surface area contributed by atoms with Crippen LogP contribution in [-0.4, -0.2) is 47.6 Å². The van der Waals surface area contributed by atoms with Gasteiger partial charge in [0.15, 0.2) is 0 Å². The molecule has 3 N–H and O–H groups in total. The van der Waals surface area contributed by atoms with Crippen LogP contribution < -0.4 is 5.32 Å². The molecule has 1 aromatic rings. The number of nitrogens with one attached hydrogen (secondary N) is 2. The van der Waals surface area contributed by atoms with Crippen molar-refractivity contribution in [3.63, 3.8) is 0 Å². The molecule has 0 spiro atoms. The number of aromatic amines is 1. The average Bonchev–Trinajstić information content (AvgIpc) is 2.76. The van der Waals surface area contributed by atoms with Gasteiger partial charge < -0.3 is 15.2 Å². The molecule has 1 aromatic heterocycles. The number of hydrogen-bond donors (Lipinski definition) is 3. The number of nitrogens with zero attached hydrogens (tertiary/aromatic N) is 1. The molecule has 0 fully saturated rings. The molecule has 1 heterocycles. The topological polar surface area (TPSA) is 87.2 Å². The third kappa shape index (κ3) is 5.47. The summed E-state index contributed by atoms with van der Waals surface area (Å²) in [6.07, 6.45) is 2.68. The van der Waals surface area contributed by atoms with Crippen molar-refractivity contribution in [3.05, 3.63) is 18.0 Å². The average molecular weight is 227 g/mol. The number of ether oxygens (including phenoxy) is 1. The van der Waals surface area contributed by atoms with E-state index in [2.05, 4.69) is 15.5 Å². The molecule has 1 rings (SSSR count). The van der Waals surface area contributed by atoms with Crippen molar-refractivity contribution in [2.24, 2.45) is 0 Å². The maximum Gasteiger partial charge on any atom is 0.225 e. The molecule has 0 aliphatic heterocycles. The van der Waals surface area contributed by atoms with Gasteiger partial charge in [0.25, 0.3) is 0 Å². The van der Waals surface area contributed by atoms with Crippen molar-refractivity contribution in [3.8, 4) is 0 Å². The molecule has 90 valence electrons. The van der Waals surface area contributed by atoms with Crippen LogP contribution in [0.25, 0.3) is 0 Å². The summed E-state index contributed by atoms with van der Waals surface area (Å²) in [4.78, 5) is 11.4. The zero-order valence-corrected chi connectivity index (χ0v) is 9.11. The first kappa shape index (κ1) is 12.7. The van der Waals surface area contributed by atoms with Gasteiger partial charge in [-0.25, -0.2) is 0 Å². The molecule has 6 nitrogen and oxygen atoms in total. The van der Waals surface area contributed by atoms with Crippen molar-refractivity contribution in [1.29, 1.82) is 0 Å². The van der Waals surface area contributed by atoms with Gasteiger partial charge in [0, 0.05) is 25.0 Å². The molecule has 0 aromatic carbocycles. The van der Waals surface area contributed by atoms with Gasteiger partial charge in [-0.2, -0.15) is 5.10 Å². The summed E-state index contributed by atoms with van der Waals surface area (Å²) in [6, 6.07) is 1.77. The number of aliphatic hydroxyl groups excluding tert-OH is 1. The Hall–Kier alpha value is -1.40. The highest BCUT2D eigenvalue weighted by Crippen LogP contribution is 1.92. The van der Waals surface area contributed by atoms with Crippen molar-refractivity contribution in [2.75, 3.05) is 26.4 Å². The molecule has 0 aliphatic carbocycles. The van der Waals surface area contributed by atoms with Crippen LogP contribution >= 0.6 is 0 Å².